The first-order valence-corrected chi connectivity index (χ1v) is 3.62. The summed E-state index contributed by atoms with van der Waals surface area (Å²) >= 11 is 0. The van der Waals surface area contributed by atoms with Gasteiger partial charge >= 0.3 is 0 Å². The van der Waals surface area contributed by atoms with Gasteiger partial charge in [0.2, 0.25) is 0 Å². The van der Waals surface area contributed by atoms with Crippen LogP contribution < -0.4 is 5.73 Å². The number of aliphatic hydroxyl groups is 1. The Labute approximate surface area is 66.7 Å². The highest BCUT2D eigenvalue weighted by molar-refractivity contribution is 5.22. The van der Waals surface area contributed by atoms with Gasteiger partial charge in [-0.2, -0.15) is 0 Å². The maximum absolute atomic E-state index is 8.92. The molecule has 1 atom stereocenters. The number of hydrogen-bond acceptors (Lipinski definition) is 2. The molecule has 0 fully saturated rings. The van der Waals surface area contributed by atoms with Crippen LogP contribution in [0.1, 0.15) is 12.5 Å². The van der Waals surface area contributed by atoms with E-state index in [9.17, 15) is 0 Å². The van der Waals surface area contributed by atoms with Gasteiger partial charge in [0.05, 0.1) is 12.1 Å². The predicted octanol–water partition coefficient (Wildman–Crippen LogP) is 0.853. The monoisotopic (exact) mass is 151 g/mol. The van der Waals surface area contributed by atoms with Crippen LogP contribution in [-0.2, 0) is 5.54 Å². The van der Waals surface area contributed by atoms with E-state index in [4.69, 9.17) is 10.8 Å². The highest BCUT2D eigenvalue weighted by atomic mass is 16.3. The van der Waals surface area contributed by atoms with Crippen LogP contribution in [0.25, 0.3) is 0 Å². The fraction of sp³-hybridized carbons (Fsp3) is 0.333. The van der Waals surface area contributed by atoms with Crippen LogP contribution in [0.2, 0.25) is 0 Å². The number of nitrogens with two attached hydrogens (primary N) is 1. The summed E-state index contributed by atoms with van der Waals surface area (Å²) in [5.41, 5.74) is 6.14. The van der Waals surface area contributed by atoms with Gasteiger partial charge in [0.1, 0.15) is 0 Å². The van der Waals surface area contributed by atoms with E-state index in [1.54, 1.807) is 0 Å². The number of rotatable bonds is 2. The Morgan fingerprint density at radius 1 is 1.36 bits per heavy atom. The fourth-order valence-electron chi connectivity index (χ4n) is 0.910. The molecule has 2 heteroatoms. The van der Waals surface area contributed by atoms with Crippen molar-refractivity contribution in [2.24, 2.45) is 5.73 Å². The maximum Gasteiger partial charge on any atom is 0.0650 e. The molecular weight excluding hydrogens is 138 g/mol. The second kappa shape index (κ2) is 3.03. The Balaban J connectivity index is 2.93. The van der Waals surface area contributed by atoms with E-state index in [1.807, 2.05) is 37.3 Å². The molecule has 60 valence electrons. The zero-order chi connectivity index (χ0) is 8.32. The molecule has 0 unspecified atom stereocenters. The Kier molecular flexibility index (Phi) is 2.27. The molecule has 0 spiro atoms. The Bertz CT molecular complexity index is 218. The van der Waals surface area contributed by atoms with Gasteiger partial charge in [-0.25, -0.2) is 0 Å². The third kappa shape index (κ3) is 1.79. The number of benzene rings is 1. The molecule has 0 amide bonds. The second-order valence-corrected chi connectivity index (χ2v) is 2.94. The van der Waals surface area contributed by atoms with Gasteiger partial charge in [-0.3, -0.25) is 0 Å². The van der Waals surface area contributed by atoms with E-state index in [1.165, 1.54) is 0 Å². The SMILES string of the molecule is C[C@](N)(CO)c1ccccc1. The smallest absolute Gasteiger partial charge is 0.0650 e. The van der Waals surface area contributed by atoms with Crippen molar-refractivity contribution in [3.63, 3.8) is 0 Å². The first kappa shape index (κ1) is 8.24. The largest absolute Gasteiger partial charge is 0.394 e. The van der Waals surface area contributed by atoms with Crippen molar-refractivity contribution >= 4 is 0 Å². The van der Waals surface area contributed by atoms with Gasteiger partial charge in [-0.1, -0.05) is 30.3 Å². The normalized spacial score (nSPS) is 15.9. The minimum atomic E-state index is -0.610. The van der Waals surface area contributed by atoms with Crippen LogP contribution in [0.3, 0.4) is 0 Å². The average molecular weight is 151 g/mol. The van der Waals surface area contributed by atoms with Crippen molar-refractivity contribution in [1.29, 1.82) is 0 Å². The van der Waals surface area contributed by atoms with Gasteiger partial charge in [-0.15, -0.1) is 0 Å². The Morgan fingerprint density at radius 3 is 2.36 bits per heavy atom. The first-order chi connectivity index (χ1) is 5.17. The van der Waals surface area contributed by atoms with Crippen molar-refractivity contribution in [3.8, 4) is 0 Å². The lowest BCUT2D eigenvalue weighted by Gasteiger charge is -2.21. The molecule has 1 aromatic carbocycles. The van der Waals surface area contributed by atoms with Crippen molar-refractivity contribution in [2.75, 3.05) is 6.61 Å². The van der Waals surface area contributed by atoms with Crippen LogP contribution in [0.15, 0.2) is 30.3 Å². The molecule has 0 bridgehead atoms. The van der Waals surface area contributed by atoms with Crippen LogP contribution >= 0.6 is 0 Å². The van der Waals surface area contributed by atoms with Gasteiger partial charge in [0.15, 0.2) is 0 Å². The summed E-state index contributed by atoms with van der Waals surface area (Å²) < 4.78 is 0. The van der Waals surface area contributed by atoms with Gasteiger partial charge < -0.3 is 10.8 Å². The molecule has 0 aliphatic rings. The quantitative estimate of drug-likeness (QED) is 0.658. The fourth-order valence-corrected chi connectivity index (χ4v) is 0.910. The zero-order valence-electron chi connectivity index (χ0n) is 6.62. The van der Waals surface area contributed by atoms with Crippen molar-refractivity contribution in [1.82, 2.24) is 0 Å². The van der Waals surface area contributed by atoms with Crippen LogP contribution in [-0.4, -0.2) is 11.7 Å². The lowest BCUT2D eigenvalue weighted by molar-refractivity contribution is 0.210. The van der Waals surface area contributed by atoms with Gasteiger partial charge in [-0.05, 0) is 12.5 Å². The molecule has 2 nitrogen and oxygen atoms in total. The average Bonchev–Trinajstić information content (AvgIpc) is 2.06. The molecule has 11 heavy (non-hydrogen) atoms. The predicted molar refractivity (Wildman–Crippen MR) is 45.1 cm³/mol. The molecule has 0 radical (unpaired) electrons. The van der Waals surface area contributed by atoms with Crippen LogP contribution in [0, 0.1) is 0 Å². The standard InChI is InChI=1S/C9H13NO/c1-9(10,7-11)8-5-3-2-4-6-8/h2-6,11H,7,10H2,1H3/t9-/m0/s1. The molecule has 1 aromatic rings. The van der Waals surface area contributed by atoms with E-state index < -0.39 is 5.54 Å². The molecule has 0 heterocycles. The molecule has 1 rings (SSSR count). The van der Waals surface area contributed by atoms with E-state index in [0.717, 1.165) is 5.56 Å². The van der Waals surface area contributed by atoms with E-state index in [2.05, 4.69) is 0 Å². The lowest BCUT2D eigenvalue weighted by Crippen LogP contribution is -2.36. The number of aliphatic hydroxyl groups excluding tert-OH is 1. The van der Waals surface area contributed by atoms with E-state index in [-0.39, 0.29) is 6.61 Å². The second-order valence-electron chi connectivity index (χ2n) is 2.94. The highest BCUT2D eigenvalue weighted by Gasteiger charge is 2.18. The van der Waals surface area contributed by atoms with Crippen LogP contribution in [0.4, 0.5) is 0 Å². The molecule has 3 N–H and O–H groups in total. The van der Waals surface area contributed by atoms with Crippen molar-refractivity contribution in [2.45, 2.75) is 12.5 Å². The first-order valence-electron chi connectivity index (χ1n) is 3.62. The summed E-state index contributed by atoms with van der Waals surface area (Å²) in [4.78, 5) is 0. The topological polar surface area (TPSA) is 46.2 Å². The van der Waals surface area contributed by atoms with Crippen molar-refractivity contribution < 1.29 is 5.11 Å². The van der Waals surface area contributed by atoms with E-state index >= 15 is 0 Å². The van der Waals surface area contributed by atoms with Gasteiger partial charge in [0.25, 0.3) is 0 Å². The summed E-state index contributed by atoms with van der Waals surface area (Å²) in [7, 11) is 0. The molecule has 0 saturated carbocycles. The maximum atomic E-state index is 8.92. The third-order valence-corrected chi connectivity index (χ3v) is 1.76. The van der Waals surface area contributed by atoms with Crippen LogP contribution in [0.5, 0.6) is 0 Å². The molecule has 0 aliphatic heterocycles. The minimum Gasteiger partial charge on any atom is -0.394 e. The van der Waals surface area contributed by atoms with E-state index in [0.29, 0.717) is 0 Å². The summed E-state index contributed by atoms with van der Waals surface area (Å²) in [6.45, 7) is 1.78. The minimum absolute atomic E-state index is 0.0307. The Morgan fingerprint density at radius 2 is 1.91 bits per heavy atom. The molecular formula is C9H13NO. The number of hydrogen-bond donors (Lipinski definition) is 2. The Hall–Kier alpha value is -0.860. The van der Waals surface area contributed by atoms with Gasteiger partial charge in [0, 0.05) is 0 Å². The summed E-state index contributed by atoms with van der Waals surface area (Å²) in [5, 5.41) is 8.92. The lowest BCUT2D eigenvalue weighted by atomic mass is 9.95. The third-order valence-electron chi connectivity index (χ3n) is 1.76. The highest BCUT2D eigenvalue weighted by Crippen LogP contribution is 2.15. The zero-order valence-corrected chi connectivity index (χ0v) is 6.62. The summed E-state index contributed by atoms with van der Waals surface area (Å²) in [6.07, 6.45) is 0. The molecule has 0 saturated heterocycles. The molecule has 0 aromatic heterocycles. The molecule has 0 aliphatic carbocycles. The summed E-state index contributed by atoms with van der Waals surface area (Å²) in [5.74, 6) is 0. The van der Waals surface area contributed by atoms with Crippen molar-refractivity contribution in [3.05, 3.63) is 35.9 Å². The summed E-state index contributed by atoms with van der Waals surface area (Å²) in [6, 6.07) is 9.58.